The molecular formula is C61H105NO8. The molecule has 0 spiro atoms. The number of aliphatic hydroxyl groups is 5. The van der Waals surface area contributed by atoms with Gasteiger partial charge in [-0.2, -0.15) is 0 Å². The van der Waals surface area contributed by atoms with Crippen LogP contribution in [0.4, 0.5) is 0 Å². The van der Waals surface area contributed by atoms with E-state index < -0.39 is 49.5 Å². The maximum atomic E-state index is 13.0. The van der Waals surface area contributed by atoms with E-state index in [0.29, 0.717) is 6.42 Å². The van der Waals surface area contributed by atoms with Crippen LogP contribution in [-0.4, -0.2) is 87.5 Å². The van der Waals surface area contributed by atoms with Crippen molar-refractivity contribution in [1.82, 2.24) is 5.32 Å². The van der Waals surface area contributed by atoms with E-state index in [9.17, 15) is 30.3 Å². The third-order valence-corrected chi connectivity index (χ3v) is 12.9. The molecule has 0 aromatic heterocycles. The lowest BCUT2D eigenvalue weighted by Gasteiger charge is -2.40. The molecule has 0 aliphatic carbocycles. The Morgan fingerprint density at radius 2 is 0.900 bits per heavy atom. The Hall–Kier alpha value is -2.89. The zero-order valence-corrected chi connectivity index (χ0v) is 44.5. The standard InChI is InChI=1S/C61H105NO8/c1-3-5-7-9-11-13-15-17-19-21-22-23-24-25-26-27-28-29-30-31-32-33-34-35-37-39-41-43-45-47-49-51-57(65)62-54(53-69-61-60(68)59(67)58(66)56(52-63)70-61)55(64)50-48-46-44-42-40-38-36-20-18-16-14-12-10-8-6-4-2/h5,7,11,13,17-20,22-23,25-26,40,42,48,50,54-56,58-61,63-64,66-68H,3-4,6,8-10,12,14-16,21,24,27-39,41,43-47,49,51-53H2,1-2H3,(H,62,65)/b7-5-,13-11-,19-17-,20-18+,23-22-,26-25-,42-40+,50-48+. The lowest BCUT2D eigenvalue weighted by molar-refractivity contribution is -0.302. The molecule has 0 aromatic carbocycles. The van der Waals surface area contributed by atoms with Crippen LogP contribution in [-0.2, 0) is 14.3 Å². The van der Waals surface area contributed by atoms with Gasteiger partial charge in [0, 0.05) is 6.42 Å². The van der Waals surface area contributed by atoms with E-state index in [1.807, 2.05) is 6.08 Å². The second-order valence-electron chi connectivity index (χ2n) is 19.3. The van der Waals surface area contributed by atoms with Crippen LogP contribution >= 0.6 is 0 Å². The third kappa shape index (κ3) is 38.7. The highest BCUT2D eigenvalue weighted by Gasteiger charge is 2.44. The zero-order chi connectivity index (χ0) is 50.8. The molecule has 1 saturated heterocycles. The van der Waals surface area contributed by atoms with Crippen LogP contribution in [0.5, 0.6) is 0 Å². The molecular weight excluding hydrogens is 875 g/mol. The summed E-state index contributed by atoms with van der Waals surface area (Å²) in [5.74, 6) is -0.194. The Labute approximate surface area is 428 Å². The fourth-order valence-corrected chi connectivity index (χ4v) is 8.39. The Morgan fingerprint density at radius 3 is 1.37 bits per heavy atom. The number of amides is 1. The summed E-state index contributed by atoms with van der Waals surface area (Å²) in [6.07, 6.45) is 64.7. The van der Waals surface area contributed by atoms with Crippen molar-refractivity contribution in [2.75, 3.05) is 13.2 Å². The summed E-state index contributed by atoms with van der Waals surface area (Å²) in [6.45, 7) is 3.63. The molecule has 1 fully saturated rings. The van der Waals surface area contributed by atoms with Gasteiger partial charge in [-0.3, -0.25) is 4.79 Å². The number of nitrogens with one attached hydrogen (secondary N) is 1. The van der Waals surface area contributed by atoms with E-state index >= 15 is 0 Å². The molecule has 402 valence electrons. The Balaban J connectivity index is 2.20. The molecule has 1 amide bonds. The molecule has 0 radical (unpaired) electrons. The van der Waals surface area contributed by atoms with Crippen molar-refractivity contribution in [3.8, 4) is 0 Å². The van der Waals surface area contributed by atoms with Crippen molar-refractivity contribution in [2.45, 2.75) is 269 Å². The average Bonchev–Trinajstić information content (AvgIpc) is 3.36. The first-order chi connectivity index (χ1) is 34.3. The van der Waals surface area contributed by atoms with Gasteiger partial charge in [-0.25, -0.2) is 0 Å². The molecule has 9 heteroatoms. The normalized spacial score (nSPS) is 20.1. The molecule has 7 atom stereocenters. The number of hydrogen-bond donors (Lipinski definition) is 6. The van der Waals surface area contributed by atoms with Crippen LogP contribution in [0.3, 0.4) is 0 Å². The third-order valence-electron chi connectivity index (χ3n) is 12.9. The van der Waals surface area contributed by atoms with E-state index in [1.165, 1.54) is 122 Å². The number of ether oxygens (including phenoxy) is 2. The summed E-state index contributed by atoms with van der Waals surface area (Å²) in [5, 5.41) is 54.4. The Kier molecular flexibility index (Phi) is 46.2. The molecule has 0 saturated carbocycles. The van der Waals surface area contributed by atoms with E-state index in [1.54, 1.807) is 6.08 Å². The summed E-state index contributed by atoms with van der Waals surface area (Å²) >= 11 is 0. The van der Waals surface area contributed by atoms with Gasteiger partial charge < -0.3 is 40.3 Å². The summed E-state index contributed by atoms with van der Waals surface area (Å²) in [6, 6.07) is -0.833. The summed E-state index contributed by atoms with van der Waals surface area (Å²) < 4.78 is 11.2. The predicted octanol–water partition coefficient (Wildman–Crippen LogP) is 14.0. The van der Waals surface area contributed by atoms with Crippen molar-refractivity contribution in [3.63, 3.8) is 0 Å². The first-order valence-corrected chi connectivity index (χ1v) is 28.5. The highest BCUT2D eigenvalue weighted by atomic mass is 16.7. The van der Waals surface area contributed by atoms with Gasteiger partial charge in [0.25, 0.3) is 0 Å². The summed E-state index contributed by atoms with van der Waals surface area (Å²) in [4.78, 5) is 13.0. The van der Waals surface area contributed by atoms with Crippen LogP contribution in [0.1, 0.15) is 226 Å². The van der Waals surface area contributed by atoms with Gasteiger partial charge in [0.15, 0.2) is 6.29 Å². The maximum Gasteiger partial charge on any atom is 0.220 e. The number of allylic oxidation sites excluding steroid dienone is 15. The molecule has 7 unspecified atom stereocenters. The quantitative estimate of drug-likeness (QED) is 0.0261. The minimum Gasteiger partial charge on any atom is -0.394 e. The van der Waals surface area contributed by atoms with E-state index in [2.05, 4.69) is 104 Å². The molecule has 1 aliphatic heterocycles. The smallest absolute Gasteiger partial charge is 0.220 e. The number of unbranched alkanes of at least 4 members (excludes halogenated alkanes) is 23. The SMILES string of the molecule is CC/C=C\C/C=C\C/C=C\C/C=C\C/C=C\CCCCCCCCCCCCCCCCCC(=O)NC(COC1OC(CO)C(O)C(O)C1O)C(O)/C=C/CC/C=C/CC/C=C/CCCCCCCC. The van der Waals surface area contributed by atoms with Crippen LogP contribution in [0.25, 0.3) is 0 Å². The Bertz CT molecular complexity index is 1420. The lowest BCUT2D eigenvalue weighted by atomic mass is 9.99. The van der Waals surface area contributed by atoms with E-state index in [-0.39, 0.29) is 12.5 Å². The van der Waals surface area contributed by atoms with Gasteiger partial charge in [-0.15, -0.1) is 0 Å². The first-order valence-electron chi connectivity index (χ1n) is 28.5. The van der Waals surface area contributed by atoms with Gasteiger partial charge in [0.05, 0.1) is 25.4 Å². The van der Waals surface area contributed by atoms with Gasteiger partial charge >= 0.3 is 0 Å². The van der Waals surface area contributed by atoms with Crippen LogP contribution in [0.2, 0.25) is 0 Å². The Morgan fingerprint density at radius 1 is 0.500 bits per heavy atom. The van der Waals surface area contributed by atoms with Gasteiger partial charge in [0.2, 0.25) is 5.91 Å². The van der Waals surface area contributed by atoms with Crippen molar-refractivity contribution >= 4 is 5.91 Å². The highest BCUT2D eigenvalue weighted by Crippen LogP contribution is 2.23. The minimum atomic E-state index is -1.58. The maximum absolute atomic E-state index is 13.0. The van der Waals surface area contributed by atoms with Gasteiger partial charge in [-0.05, 0) is 89.9 Å². The number of carbonyl (C=O) groups excluding carboxylic acids is 1. The fraction of sp³-hybridized carbons (Fsp3) is 0.721. The molecule has 1 heterocycles. The molecule has 6 N–H and O–H groups in total. The number of hydrogen-bond acceptors (Lipinski definition) is 8. The predicted molar refractivity (Wildman–Crippen MR) is 294 cm³/mol. The second-order valence-corrected chi connectivity index (χ2v) is 19.3. The molecule has 0 aromatic rings. The van der Waals surface area contributed by atoms with Crippen molar-refractivity contribution in [3.05, 3.63) is 97.2 Å². The zero-order valence-electron chi connectivity index (χ0n) is 44.5. The summed E-state index contributed by atoms with van der Waals surface area (Å²) in [7, 11) is 0. The van der Waals surface area contributed by atoms with Crippen LogP contribution < -0.4 is 5.32 Å². The molecule has 0 bridgehead atoms. The fourth-order valence-electron chi connectivity index (χ4n) is 8.39. The molecule has 70 heavy (non-hydrogen) atoms. The average molecular weight is 981 g/mol. The number of rotatable bonds is 47. The monoisotopic (exact) mass is 980 g/mol. The van der Waals surface area contributed by atoms with E-state index in [4.69, 9.17) is 9.47 Å². The van der Waals surface area contributed by atoms with E-state index in [0.717, 1.165) is 83.5 Å². The highest BCUT2D eigenvalue weighted by molar-refractivity contribution is 5.76. The molecule has 1 aliphatic rings. The van der Waals surface area contributed by atoms with Crippen LogP contribution in [0.15, 0.2) is 97.2 Å². The van der Waals surface area contributed by atoms with Crippen molar-refractivity contribution in [1.29, 1.82) is 0 Å². The molecule has 1 rings (SSSR count). The van der Waals surface area contributed by atoms with Crippen LogP contribution in [0, 0.1) is 0 Å². The number of carbonyl (C=O) groups is 1. The first kappa shape index (κ1) is 65.1. The lowest BCUT2D eigenvalue weighted by Crippen LogP contribution is -2.60. The van der Waals surface area contributed by atoms with Crippen molar-refractivity contribution in [2.24, 2.45) is 0 Å². The molecule has 9 nitrogen and oxygen atoms in total. The number of aliphatic hydroxyl groups excluding tert-OH is 5. The van der Waals surface area contributed by atoms with Gasteiger partial charge in [0.1, 0.15) is 24.4 Å². The van der Waals surface area contributed by atoms with Crippen molar-refractivity contribution < 1.29 is 39.8 Å². The topological polar surface area (TPSA) is 149 Å². The second kappa shape index (κ2) is 49.7. The summed E-state index contributed by atoms with van der Waals surface area (Å²) in [5.41, 5.74) is 0. The minimum absolute atomic E-state index is 0.194. The largest absolute Gasteiger partial charge is 0.394 e. The van der Waals surface area contributed by atoms with Gasteiger partial charge in [-0.1, -0.05) is 227 Å².